The van der Waals surface area contributed by atoms with E-state index in [4.69, 9.17) is 22.5 Å². The van der Waals surface area contributed by atoms with Crippen molar-refractivity contribution in [3.05, 3.63) is 28.8 Å². The van der Waals surface area contributed by atoms with Crippen molar-refractivity contribution >= 4 is 34.9 Å². The molecule has 0 bridgehead atoms. The second-order valence-electron chi connectivity index (χ2n) is 4.27. The number of benzene rings is 1. The second kappa shape index (κ2) is 5.71. The maximum atomic E-state index is 8.85. The standard InChI is InChI=1S/C12H16ClN3OS/c1-8-7-16(4-5-18-8)11-3-2-9(13)6-10(11)12(14)15-17/h2-3,6,8,17H,4-5,7H2,1H3,(H2,14,15). The Balaban J connectivity index is 2.37. The van der Waals surface area contributed by atoms with Gasteiger partial charge < -0.3 is 15.8 Å². The maximum absolute atomic E-state index is 8.85. The van der Waals surface area contributed by atoms with E-state index >= 15 is 0 Å². The molecule has 1 unspecified atom stereocenters. The fourth-order valence-electron chi connectivity index (χ4n) is 2.08. The van der Waals surface area contributed by atoms with Crippen LogP contribution in [0.2, 0.25) is 5.02 Å². The van der Waals surface area contributed by atoms with Gasteiger partial charge in [-0.2, -0.15) is 11.8 Å². The highest BCUT2D eigenvalue weighted by atomic mass is 35.5. The number of hydrogen-bond donors (Lipinski definition) is 2. The second-order valence-corrected chi connectivity index (χ2v) is 6.26. The molecular weight excluding hydrogens is 270 g/mol. The first-order valence-electron chi connectivity index (χ1n) is 5.76. The molecule has 1 aliphatic heterocycles. The molecule has 0 radical (unpaired) electrons. The van der Waals surface area contributed by atoms with E-state index < -0.39 is 0 Å². The summed E-state index contributed by atoms with van der Waals surface area (Å²) >= 11 is 7.93. The lowest BCUT2D eigenvalue weighted by molar-refractivity contribution is 0.318. The Labute approximate surface area is 116 Å². The third-order valence-corrected chi connectivity index (χ3v) is 4.30. The lowest BCUT2D eigenvalue weighted by Gasteiger charge is -2.33. The zero-order chi connectivity index (χ0) is 13.1. The highest BCUT2D eigenvalue weighted by Crippen LogP contribution is 2.28. The van der Waals surface area contributed by atoms with Gasteiger partial charge in [0.2, 0.25) is 0 Å². The summed E-state index contributed by atoms with van der Waals surface area (Å²) in [4.78, 5) is 2.25. The number of halogens is 1. The van der Waals surface area contributed by atoms with E-state index in [1.165, 1.54) is 0 Å². The van der Waals surface area contributed by atoms with Gasteiger partial charge in [-0.05, 0) is 18.2 Å². The number of rotatable bonds is 2. The summed E-state index contributed by atoms with van der Waals surface area (Å²) < 4.78 is 0. The van der Waals surface area contributed by atoms with E-state index in [0.717, 1.165) is 24.5 Å². The molecule has 1 fully saturated rings. The van der Waals surface area contributed by atoms with Gasteiger partial charge in [0.15, 0.2) is 5.84 Å². The van der Waals surface area contributed by atoms with Crippen molar-refractivity contribution in [1.29, 1.82) is 0 Å². The van der Waals surface area contributed by atoms with E-state index in [9.17, 15) is 0 Å². The summed E-state index contributed by atoms with van der Waals surface area (Å²) in [5, 5.41) is 13.1. The Morgan fingerprint density at radius 2 is 2.39 bits per heavy atom. The summed E-state index contributed by atoms with van der Waals surface area (Å²) in [5.41, 5.74) is 7.37. The van der Waals surface area contributed by atoms with Crippen molar-refractivity contribution in [2.24, 2.45) is 10.9 Å². The molecule has 2 rings (SSSR count). The lowest BCUT2D eigenvalue weighted by Crippen LogP contribution is -2.37. The molecule has 6 heteroatoms. The predicted octanol–water partition coefficient (Wildman–Crippen LogP) is 2.38. The number of hydrogen-bond acceptors (Lipinski definition) is 4. The Morgan fingerprint density at radius 3 is 3.06 bits per heavy atom. The average molecular weight is 286 g/mol. The van der Waals surface area contributed by atoms with Crippen LogP contribution in [0.15, 0.2) is 23.4 Å². The average Bonchev–Trinajstić information content (AvgIpc) is 2.37. The number of amidine groups is 1. The smallest absolute Gasteiger partial charge is 0.172 e. The molecule has 0 amide bonds. The van der Waals surface area contributed by atoms with E-state index in [0.29, 0.717) is 15.8 Å². The molecule has 1 aromatic rings. The highest BCUT2D eigenvalue weighted by Gasteiger charge is 2.20. The Kier molecular flexibility index (Phi) is 4.24. The van der Waals surface area contributed by atoms with Crippen LogP contribution in [-0.2, 0) is 0 Å². The van der Waals surface area contributed by atoms with Crippen LogP contribution >= 0.6 is 23.4 Å². The zero-order valence-corrected chi connectivity index (χ0v) is 11.7. The first-order chi connectivity index (χ1) is 8.61. The molecule has 1 aliphatic rings. The van der Waals surface area contributed by atoms with Gasteiger partial charge in [-0.1, -0.05) is 23.7 Å². The monoisotopic (exact) mass is 285 g/mol. The van der Waals surface area contributed by atoms with Gasteiger partial charge in [0.05, 0.1) is 0 Å². The van der Waals surface area contributed by atoms with Crippen LogP contribution < -0.4 is 10.6 Å². The van der Waals surface area contributed by atoms with Crippen LogP contribution in [0.4, 0.5) is 5.69 Å². The maximum Gasteiger partial charge on any atom is 0.172 e. The molecule has 3 N–H and O–H groups in total. The van der Waals surface area contributed by atoms with E-state index in [1.807, 2.05) is 23.9 Å². The van der Waals surface area contributed by atoms with Crippen molar-refractivity contribution in [3.8, 4) is 0 Å². The van der Waals surface area contributed by atoms with Gasteiger partial charge in [-0.15, -0.1) is 0 Å². The zero-order valence-electron chi connectivity index (χ0n) is 10.1. The summed E-state index contributed by atoms with van der Waals surface area (Å²) in [6.07, 6.45) is 0. The molecule has 0 saturated carbocycles. The fraction of sp³-hybridized carbons (Fsp3) is 0.417. The normalized spacial score (nSPS) is 21.1. The van der Waals surface area contributed by atoms with Crippen LogP contribution in [-0.4, -0.2) is 35.1 Å². The molecule has 98 valence electrons. The molecule has 0 aromatic heterocycles. The third-order valence-electron chi connectivity index (χ3n) is 2.92. The summed E-state index contributed by atoms with van der Waals surface area (Å²) in [6, 6.07) is 5.49. The Hall–Kier alpha value is -1.07. The molecule has 1 atom stereocenters. The van der Waals surface area contributed by atoms with E-state index in [-0.39, 0.29) is 5.84 Å². The van der Waals surface area contributed by atoms with Crippen LogP contribution in [0.3, 0.4) is 0 Å². The Bertz CT molecular complexity index is 467. The van der Waals surface area contributed by atoms with Crippen LogP contribution in [0.25, 0.3) is 0 Å². The minimum atomic E-state index is 0.0957. The van der Waals surface area contributed by atoms with Crippen molar-refractivity contribution < 1.29 is 5.21 Å². The quantitative estimate of drug-likeness (QED) is 0.379. The molecule has 1 heterocycles. The number of anilines is 1. The van der Waals surface area contributed by atoms with E-state index in [1.54, 1.807) is 6.07 Å². The molecule has 4 nitrogen and oxygen atoms in total. The van der Waals surface area contributed by atoms with Crippen LogP contribution in [0, 0.1) is 0 Å². The van der Waals surface area contributed by atoms with E-state index in [2.05, 4.69) is 17.0 Å². The Morgan fingerprint density at radius 1 is 1.61 bits per heavy atom. The number of nitrogens with zero attached hydrogens (tertiary/aromatic N) is 2. The van der Waals surface area contributed by atoms with Gasteiger partial charge >= 0.3 is 0 Å². The fourth-order valence-corrected chi connectivity index (χ4v) is 3.27. The first-order valence-corrected chi connectivity index (χ1v) is 7.18. The van der Waals surface area contributed by atoms with Gasteiger partial charge in [0.1, 0.15) is 0 Å². The molecule has 18 heavy (non-hydrogen) atoms. The molecule has 1 saturated heterocycles. The van der Waals surface area contributed by atoms with Crippen LogP contribution in [0.1, 0.15) is 12.5 Å². The first kappa shape index (κ1) is 13.4. The van der Waals surface area contributed by atoms with Crippen molar-refractivity contribution in [3.63, 3.8) is 0 Å². The summed E-state index contributed by atoms with van der Waals surface area (Å²) in [5.74, 6) is 1.18. The van der Waals surface area contributed by atoms with Crippen LogP contribution in [0.5, 0.6) is 0 Å². The predicted molar refractivity (Wildman–Crippen MR) is 78.1 cm³/mol. The van der Waals surface area contributed by atoms with Crippen molar-refractivity contribution in [1.82, 2.24) is 0 Å². The summed E-state index contributed by atoms with van der Waals surface area (Å²) in [7, 11) is 0. The molecule has 1 aromatic carbocycles. The number of thioether (sulfide) groups is 1. The van der Waals surface area contributed by atoms with Crippen molar-refractivity contribution in [2.45, 2.75) is 12.2 Å². The minimum absolute atomic E-state index is 0.0957. The van der Waals surface area contributed by atoms with Gasteiger partial charge in [0.25, 0.3) is 0 Å². The minimum Gasteiger partial charge on any atom is -0.409 e. The highest BCUT2D eigenvalue weighted by molar-refractivity contribution is 8.00. The van der Waals surface area contributed by atoms with Gasteiger partial charge in [-0.3, -0.25) is 0 Å². The third kappa shape index (κ3) is 2.84. The molecule has 0 aliphatic carbocycles. The molecular formula is C12H16ClN3OS. The van der Waals surface area contributed by atoms with Gasteiger partial charge in [0, 0.05) is 40.4 Å². The summed E-state index contributed by atoms with van der Waals surface area (Å²) in [6.45, 7) is 4.12. The number of nitrogens with two attached hydrogens (primary N) is 1. The SMILES string of the molecule is CC1CN(c2ccc(Cl)cc2/C(N)=N/O)CCS1. The lowest BCUT2D eigenvalue weighted by atomic mass is 10.1. The molecule has 0 spiro atoms. The van der Waals surface area contributed by atoms with Gasteiger partial charge in [-0.25, -0.2) is 0 Å². The van der Waals surface area contributed by atoms with Crippen molar-refractivity contribution in [2.75, 3.05) is 23.7 Å². The number of oxime groups is 1. The topological polar surface area (TPSA) is 61.8 Å². The largest absolute Gasteiger partial charge is 0.409 e.